The van der Waals surface area contributed by atoms with Gasteiger partial charge in [0.15, 0.2) is 0 Å². The second-order valence-corrected chi connectivity index (χ2v) is 1.67. The van der Waals surface area contributed by atoms with Crippen LogP contribution < -0.4 is 5.50 Å². The van der Waals surface area contributed by atoms with E-state index in [1.807, 2.05) is 0 Å². The molecule has 0 aromatic rings. The first-order valence-electron chi connectivity index (χ1n) is 1.35. The van der Waals surface area contributed by atoms with Crippen LogP contribution >= 0.6 is 8.73 Å². The SMILES string of the molecule is CCPN. The molecule has 0 radical (unpaired) electrons. The first-order valence-corrected chi connectivity index (χ1v) is 2.63. The van der Waals surface area contributed by atoms with Gasteiger partial charge in [-0.25, -0.2) is 0 Å². The van der Waals surface area contributed by atoms with E-state index in [2.05, 4.69) is 6.92 Å². The Morgan fingerprint density at radius 1 is 2.00 bits per heavy atom. The molecule has 0 aliphatic heterocycles. The molecule has 26 valence electrons. The third-order valence-electron chi connectivity index (χ3n) is 0.204. The highest BCUT2D eigenvalue weighted by Gasteiger charge is 1.54. The van der Waals surface area contributed by atoms with Crippen molar-refractivity contribution in [1.29, 1.82) is 0 Å². The number of hydrogen-bond donors (Lipinski definition) is 1. The van der Waals surface area contributed by atoms with Gasteiger partial charge >= 0.3 is 0 Å². The average Bonchev–Trinajstić information content (AvgIpc) is 1.37. The van der Waals surface area contributed by atoms with Crippen molar-refractivity contribution in [2.75, 3.05) is 6.16 Å². The Morgan fingerprint density at radius 2 is 2.25 bits per heavy atom. The van der Waals surface area contributed by atoms with Crippen LogP contribution in [0.1, 0.15) is 6.92 Å². The molecular formula is C2H8NP. The molecule has 1 nitrogen and oxygen atoms in total. The van der Waals surface area contributed by atoms with Crippen molar-refractivity contribution >= 4 is 8.73 Å². The lowest BCUT2D eigenvalue weighted by Gasteiger charge is -1.71. The molecule has 1 atom stereocenters. The fourth-order valence-corrected chi connectivity index (χ4v) is 0. The molecule has 0 rings (SSSR count). The molecule has 2 N–H and O–H groups in total. The molecule has 0 fully saturated rings. The minimum absolute atomic E-state index is 0.640. The predicted octanol–water partition coefficient (Wildman–Crippen LogP) is 0.558. The molecule has 0 saturated carbocycles. The Bertz CT molecular complexity index is 8.00. The van der Waals surface area contributed by atoms with Crippen molar-refractivity contribution in [2.24, 2.45) is 5.50 Å². The molecule has 0 aromatic heterocycles. The van der Waals surface area contributed by atoms with Gasteiger partial charge in [-0.2, -0.15) is 0 Å². The molecule has 0 bridgehead atoms. The normalized spacial score (nSPS) is 10.5. The smallest absolute Gasteiger partial charge is 0.0253 e. The van der Waals surface area contributed by atoms with E-state index in [4.69, 9.17) is 5.50 Å². The molecule has 0 spiro atoms. The molecule has 0 aliphatic carbocycles. The molecule has 0 amide bonds. The number of hydrogen-bond acceptors (Lipinski definition) is 1. The number of nitrogens with two attached hydrogens (primary N) is 1. The molecule has 0 heterocycles. The van der Waals surface area contributed by atoms with E-state index in [0.717, 1.165) is 6.16 Å². The summed E-state index contributed by atoms with van der Waals surface area (Å²) in [7, 11) is 0.640. The van der Waals surface area contributed by atoms with E-state index in [-0.39, 0.29) is 0 Å². The van der Waals surface area contributed by atoms with Gasteiger partial charge in [0.2, 0.25) is 0 Å². The Balaban J connectivity index is 1.97. The quantitative estimate of drug-likeness (QED) is 0.454. The maximum absolute atomic E-state index is 5.06. The third kappa shape index (κ3) is 2.39. The second kappa shape index (κ2) is 3.39. The summed E-state index contributed by atoms with van der Waals surface area (Å²) in [6.07, 6.45) is 1.12. The first kappa shape index (κ1) is 4.39. The Morgan fingerprint density at radius 3 is 2.25 bits per heavy atom. The topological polar surface area (TPSA) is 26.0 Å². The lowest BCUT2D eigenvalue weighted by atomic mass is 11.0. The predicted molar refractivity (Wildman–Crippen MR) is 23.0 cm³/mol. The van der Waals surface area contributed by atoms with Crippen LogP contribution in [0.5, 0.6) is 0 Å². The standard InChI is InChI=1S/C2H8NP/c1-2-4-3/h4H,2-3H2,1H3. The van der Waals surface area contributed by atoms with Crippen molar-refractivity contribution in [1.82, 2.24) is 0 Å². The summed E-state index contributed by atoms with van der Waals surface area (Å²) in [5, 5.41) is 0. The number of rotatable bonds is 1. The average molecular weight is 77.1 g/mol. The van der Waals surface area contributed by atoms with Crippen LogP contribution in [0.25, 0.3) is 0 Å². The van der Waals surface area contributed by atoms with E-state index in [1.54, 1.807) is 0 Å². The summed E-state index contributed by atoms with van der Waals surface area (Å²) < 4.78 is 0. The van der Waals surface area contributed by atoms with E-state index in [1.165, 1.54) is 0 Å². The molecule has 2 heteroatoms. The summed E-state index contributed by atoms with van der Waals surface area (Å²) >= 11 is 0. The zero-order valence-corrected chi connectivity index (χ0v) is 3.78. The first-order chi connectivity index (χ1) is 1.91. The molecular weight excluding hydrogens is 69.0 g/mol. The van der Waals surface area contributed by atoms with Crippen molar-refractivity contribution in [3.8, 4) is 0 Å². The minimum Gasteiger partial charge on any atom is -0.312 e. The highest BCUT2D eigenvalue weighted by molar-refractivity contribution is 7.34. The van der Waals surface area contributed by atoms with Gasteiger partial charge < -0.3 is 5.50 Å². The lowest BCUT2D eigenvalue weighted by Crippen LogP contribution is -1.69. The fourth-order valence-electron chi connectivity index (χ4n) is 0. The van der Waals surface area contributed by atoms with Crippen LogP contribution in [-0.4, -0.2) is 6.16 Å². The summed E-state index contributed by atoms with van der Waals surface area (Å²) in [5.74, 6) is 0. The van der Waals surface area contributed by atoms with Gasteiger partial charge in [-0.3, -0.25) is 0 Å². The van der Waals surface area contributed by atoms with E-state index in [0.29, 0.717) is 8.73 Å². The molecule has 0 saturated heterocycles. The van der Waals surface area contributed by atoms with Gasteiger partial charge in [-0.1, -0.05) is 15.7 Å². The van der Waals surface area contributed by atoms with Crippen LogP contribution in [0.3, 0.4) is 0 Å². The zero-order chi connectivity index (χ0) is 3.41. The Labute approximate surface area is 28.4 Å². The lowest BCUT2D eigenvalue weighted by molar-refractivity contribution is 1.51. The van der Waals surface area contributed by atoms with Crippen LogP contribution in [0, 0.1) is 0 Å². The Kier molecular flexibility index (Phi) is 3.72. The summed E-state index contributed by atoms with van der Waals surface area (Å²) in [5.41, 5.74) is 5.06. The van der Waals surface area contributed by atoms with Crippen LogP contribution in [0.15, 0.2) is 0 Å². The summed E-state index contributed by atoms with van der Waals surface area (Å²) in [4.78, 5) is 0. The molecule has 1 unspecified atom stereocenters. The maximum Gasteiger partial charge on any atom is -0.0253 e. The minimum atomic E-state index is 0.640. The van der Waals surface area contributed by atoms with Gasteiger partial charge in [0, 0.05) is 0 Å². The van der Waals surface area contributed by atoms with Crippen LogP contribution in [-0.2, 0) is 0 Å². The van der Waals surface area contributed by atoms with Crippen molar-refractivity contribution in [3.63, 3.8) is 0 Å². The van der Waals surface area contributed by atoms with Crippen molar-refractivity contribution in [2.45, 2.75) is 6.92 Å². The molecule has 0 aromatic carbocycles. The molecule has 4 heavy (non-hydrogen) atoms. The van der Waals surface area contributed by atoms with Crippen molar-refractivity contribution in [3.05, 3.63) is 0 Å². The largest absolute Gasteiger partial charge is 0.312 e. The highest BCUT2D eigenvalue weighted by atomic mass is 31.1. The summed E-state index contributed by atoms with van der Waals surface area (Å²) in [6, 6.07) is 0. The van der Waals surface area contributed by atoms with Gasteiger partial charge in [0.25, 0.3) is 0 Å². The van der Waals surface area contributed by atoms with E-state index in [9.17, 15) is 0 Å². The van der Waals surface area contributed by atoms with E-state index < -0.39 is 0 Å². The van der Waals surface area contributed by atoms with Crippen LogP contribution in [0.2, 0.25) is 0 Å². The van der Waals surface area contributed by atoms with Crippen LogP contribution in [0.4, 0.5) is 0 Å². The summed E-state index contributed by atoms with van der Waals surface area (Å²) in [6.45, 7) is 2.07. The Hall–Kier alpha value is 0.390. The van der Waals surface area contributed by atoms with Crippen molar-refractivity contribution < 1.29 is 0 Å². The maximum atomic E-state index is 5.06. The van der Waals surface area contributed by atoms with E-state index >= 15 is 0 Å². The van der Waals surface area contributed by atoms with Gasteiger partial charge in [0.05, 0.1) is 0 Å². The monoisotopic (exact) mass is 77.0 g/mol. The second-order valence-electron chi connectivity index (χ2n) is 0.558. The zero-order valence-electron chi connectivity index (χ0n) is 2.78. The van der Waals surface area contributed by atoms with Gasteiger partial charge in [-0.15, -0.1) is 0 Å². The molecule has 0 aliphatic rings. The van der Waals surface area contributed by atoms with Gasteiger partial charge in [0.1, 0.15) is 0 Å². The van der Waals surface area contributed by atoms with Gasteiger partial charge in [-0.05, 0) is 6.16 Å². The highest BCUT2D eigenvalue weighted by Crippen LogP contribution is 1.87. The third-order valence-corrected chi connectivity index (χ3v) is 0.612. The fraction of sp³-hybridized carbons (Fsp3) is 1.00.